The molecule has 0 atom stereocenters. The first-order chi connectivity index (χ1) is 19.7. The number of aromatic nitrogens is 4. The predicted molar refractivity (Wildman–Crippen MR) is 167 cm³/mol. The van der Waals surface area contributed by atoms with E-state index in [0.29, 0.717) is 0 Å². The molecule has 0 saturated heterocycles. The summed E-state index contributed by atoms with van der Waals surface area (Å²) in [5.74, 6) is 0. The van der Waals surface area contributed by atoms with E-state index in [9.17, 15) is 0 Å². The summed E-state index contributed by atoms with van der Waals surface area (Å²) in [6, 6.07) is 42.0. The van der Waals surface area contributed by atoms with Crippen molar-refractivity contribution in [1.29, 1.82) is 0 Å². The van der Waals surface area contributed by atoms with E-state index in [-0.39, 0.29) is 0 Å². The molecule has 0 aliphatic rings. The van der Waals surface area contributed by atoms with Gasteiger partial charge in [-0.05, 0) is 29.8 Å². The fraction of sp³-hybridized carbons (Fsp3) is 0.0556. The van der Waals surface area contributed by atoms with Crippen molar-refractivity contribution in [2.24, 2.45) is 14.1 Å². The lowest BCUT2D eigenvalue weighted by Crippen LogP contribution is -1.91. The fourth-order valence-corrected chi connectivity index (χ4v) is 5.86. The van der Waals surface area contributed by atoms with Crippen molar-refractivity contribution < 1.29 is 0 Å². The molecule has 8 rings (SSSR count). The van der Waals surface area contributed by atoms with E-state index in [4.69, 9.17) is 0 Å². The van der Waals surface area contributed by atoms with Crippen molar-refractivity contribution >= 4 is 43.7 Å². The molecule has 0 N–H and O–H groups in total. The van der Waals surface area contributed by atoms with Gasteiger partial charge in [0, 0.05) is 59.3 Å². The Hall–Kier alpha value is -5.22. The SMILES string of the molecule is Cn1c2ccccc2c2ccnc(-c3ccccc3)c21.Cn1c2ccccc2c2nccc(-c3ccccc3)c21. The first-order valence-electron chi connectivity index (χ1n) is 13.5. The van der Waals surface area contributed by atoms with Gasteiger partial charge in [0.15, 0.2) is 0 Å². The molecular formula is C36H28N4. The van der Waals surface area contributed by atoms with Gasteiger partial charge in [0.2, 0.25) is 0 Å². The van der Waals surface area contributed by atoms with Crippen LogP contribution in [0.15, 0.2) is 134 Å². The molecule has 4 aromatic carbocycles. The molecular weight excluding hydrogens is 488 g/mol. The van der Waals surface area contributed by atoms with Crippen LogP contribution in [0.1, 0.15) is 0 Å². The minimum Gasteiger partial charge on any atom is -0.342 e. The average molecular weight is 517 g/mol. The van der Waals surface area contributed by atoms with E-state index < -0.39 is 0 Å². The van der Waals surface area contributed by atoms with E-state index in [1.807, 2.05) is 24.5 Å². The molecule has 0 aliphatic heterocycles. The maximum atomic E-state index is 4.61. The van der Waals surface area contributed by atoms with Crippen LogP contribution >= 0.6 is 0 Å². The number of benzene rings is 4. The van der Waals surface area contributed by atoms with Crippen molar-refractivity contribution in [3.63, 3.8) is 0 Å². The maximum absolute atomic E-state index is 4.61. The standard InChI is InChI=1S/2C18H14N2/c1-20-16-10-6-5-9-15(16)17-18(20)14(11-12-19-17)13-7-3-2-4-8-13;1-20-16-10-6-5-9-14(16)15-11-12-19-17(18(15)20)13-7-3-2-4-8-13/h2*2-12H,1H3. The van der Waals surface area contributed by atoms with Crippen LogP contribution in [0.25, 0.3) is 66.1 Å². The second kappa shape index (κ2) is 9.83. The molecule has 4 nitrogen and oxygen atoms in total. The number of fused-ring (bicyclic) bond motifs is 6. The van der Waals surface area contributed by atoms with Gasteiger partial charge in [-0.15, -0.1) is 0 Å². The number of aryl methyl sites for hydroxylation is 2. The third-order valence-corrected chi connectivity index (χ3v) is 7.73. The van der Waals surface area contributed by atoms with Crippen LogP contribution in [0.2, 0.25) is 0 Å². The molecule has 4 aromatic heterocycles. The van der Waals surface area contributed by atoms with Gasteiger partial charge in [-0.2, -0.15) is 0 Å². The second-order valence-corrected chi connectivity index (χ2v) is 10.00. The van der Waals surface area contributed by atoms with Crippen molar-refractivity contribution in [3.8, 4) is 22.4 Å². The van der Waals surface area contributed by atoms with E-state index >= 15 is 0 Å². The van der Waals surface area contributed by atoms with E-state index in [1.165, 1.54) is 49.4 Å². The summed E-state index contributed by atoms with van der Waals surface area (Å²) in [6.45, 7) is 0. The minimum atomic E-state index is 1.04. The number of rotatable bonds is 2. The number of hydrogen-bond acceptors (Lipinski definition) is 2. The highest BCUT2D eigenvalue weighted by molar-refractivity contribution is 6.12. The average Bonchev–Trinajstić information content (AvgIpc) is 3.50. The molecule has 0 bridgehead atoms. The van der Waals surface area contributed by atoms with Gasteiger partial charge < -0.3 is 9.13 Å². The zero-order valence-corrected chi connectivity index (χ0v) is 22.5. The molecule has 0 unspecified atom stereocenters. The van der Waals surface area contributed by atoms with Gasteiger partial charge in [-0.3, -0.25) is 9.97 Å². The number of hydrogen-bond donors (Lipinski definition) is 0. The molecule has 0 spiro atoms. The third kappa shape index (κ3) is 3.85. The van der Waals surface area contributed by atoms with Gasteiger partial charge in [-0.25, -0.2) is 0 Å². The Bertz CT molecular complexity index is 1960. The van der Waals surface area contributed by atoms with Crippen LogP contribution in [0.5, 0.6) is 0 Å². The summed E-state index contributed by atoms with van der Waals surface area (Å²) in [5.41, 5.74) is 10.6. The first-order valence-corrected chi connectivity index (χ1v) is 13.5. The largest absolute Gasteiger partial charge is 0.342 e. The lowest BCUT2D eigenvalue weighted by molar-refractivity contribution is 1.01. The van der Waals surface area contributed by atoms with Crippen molar-refractivity contribution in [3.05, 3.63) is 134 Å². The Morgan fingerprint density at radius 2 is 1.00 bits per heavy atom. The Balaban J connectivity index is 0.000000132. The molecule has 0 fully saturated rings. The molecule has 0 amide bonds. The Morgan fingerprint density at radius 3 is 1.73 bits per heavy atom. The lowest BCUT2D eigenvalue weighted by Gasteiger charge is -2.06. The van der Waals surface area contributed by atoms with E-state index in [0.717, 1.165) is 16.8 Å². The summed E-state index contributed by atoms with van der Waals surface area (Å²) in [6.07, 6.45) is 3.80. The molecule has 192 valence electrons. The van der Waals surface area contributed by atoms with Gasteiger partial charge in [0.25, 0.3) is 0 Å². The van der Waals surface area contributed by atoms with Crippen LogP contribution in [-0.2, 0) is 14.1 Å². The monoisotopic (exact) mass is 516 g/mol. The molecule has 0 saturated carbocycles. The van der Waals surface area contributed by atoms with Crippen LogP contribution < -0.4 is 0 Å². The summed E-state index contributed by atoms with van der Waals surface area (Å²) in [4.78, 5) is 9.21. The highest BCUT2D eigenvalue weighted by Gasteiger charge is 2.14. The third-order valence-electron chi connectivity index (χ3n) is 7.73. The number of nitrogens with zero attached hydrogens (tertiary/aromatic N) is 4. The van der Waals surface area contributed by atoms with Crippen molar-refractivity contribution in [2.45, 2.75) is 0 Å². The summed E-state index contributed by atoms with van der Waals surface area (Å²) < 4.78 is 4.47. The molecule has 0 aliphatic carbocycles. The van der Waals surface area contributed by atoms with Crippen molar-refractivity contribution in [2.75, 3.05) is 0 Å². The zero-order valence-electron chi connectivity index (χ0n) is 22.5. The normalized spacial score (nSPS) is 11.2. The van der Waals surface area contributed by atoms with Gasteiger partial charge in [0.05, 0.1) is 27.8 Å². The summed E-state index contributed by atoms with van der Waals surface area (Å²) in [5, 5.41) is 3.75. The Morgan fingerprint density at radius 1 is 0.450 bits per heavy atom. The minimum absolute atomic E-state index is 1.04. The maximum Gasteiger partial charge on any atom is 0.0966 e. The van der Waals surface area contributed by atoms with Crippen LogP contribution in [-0.4, -0.2) is 19.1 Å². The quantitative estimate of drug-likeness (QED) is 0.230. The summed E-state index contributed by atoms with van der Waals surface area (Å²) in [7, 11) is 4.22. The number of para-hydroxylation sites is 2. The molecule has 8 aromatic rings. The predicted octanol–water partition coefficient (Wildman–Crippen LogP) is 8.79. The number of pyridine rings is 2. The van der Waals surface area contributed by atoms with E-state index in [2.05, 4.69) is 142 Å². The topological polar surface area (TPSA) is 35.6 Å². The second-order valence-electron chi connectivity index (χ2n) is 10.00. The zero-order chi connectivity index (χ0) is 27.1. The smallest absolute Gasteiger partial charge is 0.0966 e. The van der Waals surface area contributed by atoms with Crippen molar-refractivity contribution in [1.82, 2.24) is 19.1 Å². The fourth-order valence-electron chi connectivity index (χ4n) is 5.86. The molecule has 4 heteroatoms. The lowest BCUT2D eigenvalue weighted by atomic mass is 10.1. The van der Waals surface area contributed by atoms with Gasteiger partial charge >= 0.3 is 0 Å². The Labute approximate surface area is 232 Å². The molecule has 4 heterocycles. The first kappa shape index (κ1) is 23.9. The molecule has 0 radical (unpaired) electrons. The van der Waals surface area contributed by atoms with Gasteiger partial charge in [0.1, 0.15) is 0 Å². The highest BCUT2D eigenvalue weighted by atomic mass is 15.0. The Kier molecular flexibility index (Phi) is 5.86. The summed E-state index contributed by atoms with van der Waals surface area (Å²) >= 11 is 0. The van der Waals surface area contributed by atoms with Gasteiger partial charge in [-0.1, -0.05) is 97.1 Å². The highest BCUT2D eigenvalue weighted by Crippen LogP contribution is 2.34. The van der Waals surface area contributed by atoms with Crippen LogP contribution in [0, 0.1) is 0 Å². The van der Waals surface area contributed by atoms with E-state index in [1.54, 1.807) is 0 Å². The molecule has 40 heavy (non-hydrogen) atoms. The van der Waals surface area contributed by atoms with Crippen LogP contribution in [0.4, 0.5) is 0 Å². The van der Waals surface area contributed by atoms with Crippen LogP contribution in [0.3, 0.4) is 0 Å².